The second-order valence-electron chi connectivity index (χ2n) is 9.37. The number of H-pyrrole nitrogens is 2. The molecule has 0 radical (unpaired) electrons. The molecule has 12 nitrogen and oxygen atoms in total. The highest BCUT2D eigenvalue weighted by Crippen LogP contribution is 2.35. The second kappa shape index (κ2) is 11.6. The Balaban J connectivity index is 1.30. The summed E-state index contributed by atoms with van der Waals surface area (Å²) in [6.07, 6.45) is 1.09. The fourth-order valence-corrected chi connectivity index (χ4v) is 5.47. The number of fused-ring (bicyclic) bond motifs is 4. The van der Waals surface area contributed by atoms with Gasteiger partial charge in [-0.25, -0.2) is 14.9 Å². The van der Waals surface area contributed by atoms with Gasteiger partial charge in [0.15, 0.2) is 0 Å². The lowest BCUT2D eigenvalue weighted by atomic mass is 9.88. The number of rotatable bonds is 4. The molecule has 0 spiro atoms. The third-order valence-corrected chi connectivity index (χ3v) is 7.47. The monoisotopic (exact) mass is 539 g/mol. The van der Waals surface area contributed by atoms with Gasteiger partial charge in [-0.3, -0.25) is 19.4 Å². The Hall–Kier alpha value is -4.00. The van der Waals surface area contributed by atoms with Crippen molar-refractivity contribution in [3.63, 3.8) is 0 Å². The van der Waals surface area contributed by atoms with Gasteiger partial charge in [0.2, 0.25) is 11.8 Å². The first-order chi connectivity index (χ1) is 18.5. The Morgan fingerprint density at radius 1 is 1.13 bits per heavy atom. The summed E-state index contributed by atoms with van der Waals surface area (Å²) >= 11 is 1.36. The van der Waals surface area contributed by atoms with Gasteiger partial charge < -0.3 is 19.9 Å². The first-order valence-corrected chi connectivity index (χ1v) is 13.5. The van der Waals surface area contributed by atoms with E-state index in [0.717, 1.165) is 5.56 Å². The number of carbonyl (C=O) groups excluding carboxylic acids is 3. The summed E-state index contributed by atoms with van der Waals surface area (Å²) in [6.45, 7) is 2.20. The lowest BCUT2D eigenvalue weighted by Gasteiger charge is -2.25. The van der Waals surface area contributed by atoms with E-state index in [2.05, 4.69) is 25.5 Å². The largest absolute Gasteiger partial charge is 0.494 e. The predicted octanol–water partition coefficient (Wildman–Crippen LogP) is 0.770. The number of benzene rings is 1. The van der Waals surface area contributed by atoms with Gasteiger partial charge in [0.05, 0.1) is 18.0 Å². The Morgan fingerprint density at radius 3 is 2.79 bits per heavy atom. The molecule has 1 saturated heterocycles. The molecule has 3 N–H and O–H groups in total. The fraction of sp³-hybridized carbons (Fsp3) is 0.440. The number of aromatic amines is 2. The molecule has 0 unspecified atom stereocenters. The van der Waals surface area contributed by atoms with Crippen molar-refractivity contribution < 1.29 is 19.1 Å². The van der Waals surface area contributed by atoms with E-state index in [1.54, 1.807) is 20.7 Å². The van der Waals surface area contributed by atoms with Gasteiger partial charge in [-0.05, 0) is 24.1 Å². The molecule has 3 aromatic rings. The molecule has 5 rings (SSSR count). The zero-order valence-electron chi connectivity index (χ0n) is 20.7. The van der Waals surface area contributed by atoms with Crippen molar-refractivity contribution in [1.29, 1.82) is 0 Å². The van der Waals surface area contributed by atoms with Gasteiger partial charge in [-0.1, -0.05) is 12.1 Å². The molecule has 0 saturated carbocycles. The Kier molecular flexibility index (Phi) is 7.82. The van der Waals surface area contributed by atoms with Crippen LogP contribution in [-0.4, -0.2) is 87.0 Å². The number of aryl methyl sites for hydroxylation is 1. The summed E-state index contributed by atoms with van der Waals surface area (Å²) in [5.74, 6) is 0.0138. The van der Waals surface area contributed by atoms with Crippen LogP contribution in [-0.2, 0) is 16.0 Å². The molecule has 200 valence electrons. The van der Waals surface area contributed by atoms with E-state index in [9.17, 15) is 19.2 Å². The molecule has 0 aliphatic carbocycles. The van der Waals surface area contributed by atoms with Crippen molar-refractivity contribution in [3.05, 3.63) is 62.7 Å². The first-order valence-electron chi connectivity index (χ1n) is 12.6. The summed E-state index contributed by atoms with van der Waals surface area (Å²) in [4.78, 5) is 60.6. The van der Waals surface area contributed by atoms with Crippen LogP contribution in [0.15, 0.2) is 40.0 Å². The number of amides is 3. The first kappa shape index (κ1) is 25.6. The number of hydrogen-bond donors (Lipinski definition) is 3. The van der Waals surface area contributed by atoms with Crippen LogP contribution in [0.25, 0.3) is 0 Å². The fourth-order valence-electron chi connectivity index (χ4n) is 4.95. The minimum absolute atomic E-state index is 0.101. The molecule has 1 fully saturated rings. The van der Waals surface area contributed by atoms with Crippen molar-refractivity contribution in [2.24, 2.45) is 5.92 Å². The van der Waals surface area contributed by atoms with Crippen LogP contribution < -0.4 is 15.7 Å². The Labute approximate surface area is 222 Å². The van der Waals surface area contributed by atoms with E-state index in [0.29, 0.717) is 56.4 Å². The van der Waals surface area contributed by atoms with Crippen molar-refractivity contribution in [1.82, 2.24) is 35.3 Å². The zero-order valence-corrected chi connectivity index (χ0v) is 21.5. The normalized spacial score (nSPS) is 20.3. The zero-order chi connectivity index (χ0) is 26.5. The number of ether oxygens (including phenoxy) is 1. The lowest BCUT2D eigenvalue weighted by Crippen LogP contribution is -2.42. The molecule has 38 heavy (non-hydrogen) atoms. The molecule has 2 aromatic heterocycles. The number of nitrogens with one attached hydrogen (secondary N) is 3. The predicted molar refractivity (Wildman–Crippen MR) is 138 cm³/mol. The van der Waals surface area contributed by atoms with E-state index in [4.69, 9.17) is 4.74 Å². The maximum absolute atomic E-state index is 13.4. The van der Waals surface area contributed by atoms with E-state index in [1.807, 2.05) is 24.3 Å². The van der Waals surface area contributed by atoms with Crippen LogP contribution >= 0.6 is 11.3 Å². The molecule has 4 heterocycles. The number of thiazole rings is 1. The van der Waals surface area contributed by atoms with Crippen LogP contribution in [0.5, 0.6) is 5.75 Å². The third kappa shape index (κ3) is 5.93. The van der Waals surface area contributed by atoms with Crippen molar-refractivity contribution in [2.45, 2.75) is 25.2 Å². The molecule has 13 heteroatoms. The smallest absolute Gasteiger partial charge is 0.340 e. The minimum Gasteiger partial charge on any atom is -0.494 e. The average Bonchev–Trinajstić information content (AvgIpc) is 3.69. The summed E-state index contributed by atoms with van der Waals surface area (Å²) in [7, 11) is 0. The van der Waals surface area contributed by atoms with Crippen molar-refractivity contribution in [3.8, 4) is 5.75 Å². The number of carbonyl (C=O) groups is 3. The highest BCUT2D eigenvalue weighted by Gasteiger charge is 2.41. The van der Waals surface area contributed by atoms with Gasteiger partial charge >= 0.3 is 5.69 Å². The average molecular weight is 540 g/mol. The van der Waals surface area contributed by atoms with Crippen molar-refractivity contribution in [2.75, 3.05) is 39.3 Å². The summed E-state index contributed by atoms with van der Waals surface area (Å²) in [6, 6.07) is 7.66. The Bertz CT molecular complexity index is 1340. The van der Waals surface area contributed by atoms with E-state index in [1.165, 1.54) is 11.3 Å². The number of aromatic nitrogens is 4. The van der Waals surface area contributed by atoms with Gasteiger partial charge in [0.25, 0.3) is 5.91 Å². The van der Waals surface area contributed by atoms with Gasteiger partial charge in [0.1, 0.15) is 17.3 Å². The Morgan fingerprint density at radius 2 is 2.00 bits per heavy atom. The lowest BCUT2D eigenvalue weighted by molar-refractivity contribution is -0.132. The van der Waals surface area contributed by atoms with Gasteiger partial charge in [-0.15, -0.1) is 11.3 Å². The van der Waals surface area contributed by atoms with Crippen LogP contribution in [0.4, 0.5) is 0 Å². The molecular weight excluding hydrogens is 510 g/mol. The SMILES string of the molecule is O=C1NCCN(C(=O)CCc2n[nH]c(=O)[nH]2)CCCOc2cccc(c2)[C@H]2CN(C(=O)c3cscn3)C[C@H]12. The number of hydrogen-bond acceptors (Lipinski definition) is 8. The quantitative estimate of drug-likeness (QED) is 0.443. The molecular formula is C25H29N7O5S. The molecule has 2 aliphatic heterocycles. The number of likely N-dealkylation sites (tertiary alicyclic amines) is 1. The van der Waals surface area contributed by atoms with Crippen LogP contribution in [0.1, 0.15) is 40.6 Å². The summed E-state index contributed by atoms with van der Waals surface area (Å²) in [5.41, 5.74) is 2.54. The van der Waals surface area contributed by atoms with Gasteiger partial charge in [0, 0.05) is 56.9 Å². The van der Waals surface area contributed by atoms with Crippen molar-refractivity contribution >= 4 is 29.1 Å². The van der Waals surface area contributed by atoms with Gasteiger partial charge in [-0.2, -0.15) is 5.10 Å². The minimum atomic E-state index is -0.448. The standard InChI is InChI=1S/C25H29N7O5S/c33-22(6-5-21-28-25(36)30-29-21)31-8-2-10-37-17-4-1-3-16(11-17)18-12-32(24(35)20-14-38-15-27-20)13-19(18)23(34)26-7-9-31/h1,3-4,11,14-15,18-19H,2,5-10,12-13H2,(H,26,34)(H2,28,29,30,36)/t18-,19+/m1/s1. The topological polar surface area (TPSA) is 153 Å². The van der Waals surface area contributed by atoms with Crippen LogP contribution in [0.3, 0.4) is 0 Å². The summed E-state index contributed by atoms with van der Waals surface area (Å²) in [5, 5.41) is 10.9. The molecule has 2 bridgehead atoms. The highest BCUT2D eigenvalue weighted by molar-refractivity contribution is 7.07. The van der Waals surface area contributed by atoms with E-state index >= 15 is 0 Å². The third-order valence-electron chi connectivity index (χ3n) is 6.88. The molecule has 2 atom stereocenters. The number of nitrogens with zero attached hydrogens (tertiary/aromatic N) is 4. The van der Waals surface area contributed by atoms with E-state index in [-0.39, 0.29) is 43.1 Å². The molecule has 1 aromatic carbocycles. The molecule has 3 amide bonds. The second-order valence-corrected chi connectivity index (χ2v) is 10.1. The van der Waals surface area contributed by atoms with Crippen LogP contribution in [0.2, 0.25) is 0 Å². The maximum Gasteiger partial charge on any atom is 0.340 e. The van der Waals surface area contributed by atoms with E-state index < -0.39 is 11.6 Å². The maximum atomic E-state index is 13.4. The molecule has 2 aliphatic rings. The summed E-state index contributed by atoms with van der Waals surface area (Å²) < 4.78 is 5.98. The highest BCUT2D eigenvalue weighted by atomic mass is 32.1. The van der Waals surface area contributed by atoms with Crippen LogP contribution in [0, 0.1) is 5.92 Å².